The molecule has 0 atom stereocenters. The summed E-state index contributed by atoms with van der Waals surface area (Å²) in [7, 11) is 1.62. The molecule has 0 saturated carbocycles. The number of anilines is 1. The molecule has 4 rings (SSSR count). The van der Waals surface area contributed by atoms with Crippen molar-refractivity contribution >= 4 is 11.6 Å². The van der Waals surface area contributed by atoms with Crippen molar-refractivity contribution in [3.8, 4) is 11.4 Å². The third-order valence-corrected chi connectivity index (χ3v) is 5.46. The van der Waals surface area contributed by atoms with Gasteiger partial charge in [0.25, 0.3) is 5.91 Å². The van der Waals surface area contributed by atoms with E-state index in [4.69, 9.17) is 4.74 Å². The zero-order chi connectivity index (χ0) is 20.5. The van der Waals surface area contributed by atoms with E-state index >= 15 is 0 Å². The van der Waals surface area contributed by atoms with Crippen molar-refractivity contribution in [2.24, 2.45) is 0 Å². The first-order chi connectivity index (χ1) is 14.0. The van der Waals surface area contributed by atoms with Crippen LogP contribution in [0.3, 0.4) is 0 Å². The van der Waals surface area contributed by atoms with Gasteiger partial charge in [0.05, 0.1) is 18.4 Å². The first kappa shape index (κ1) is 19.2. The van der Waals surface area contributed by atoms with Crippen molar-refractivity contribution in [3.63, 3.8) is 0 Å². The molecule has 1 aromatic heterocycles. The summed E-state index contributed by atoms with van der Waals surface area (Å²) >= 11 is 0. The van der Waals surface area contributed by atoms with Crippen LogP contribution in [0, 0.1) is 19.7 Å². The molecule has 2 N–H and O–H groups in total. The maximum atomic E-state index is 14.9. The van der Waals surface area contributed by atoms with Gasteiger partial charge in [0.2, 0.25) is 0 Å². The number of fused-ring (bicyclic) bond motifs is 1. The van der Waals surface area contributed by atoms with Crippen LogP contribution >= 0.6 is 0 Å². The molecule has 6 heteroatoms. The molecule has 3 aromatic rings. The zero-order valence-corrected chi connectivity index (χ0v) is 16.8. The Morgan fingerprint density at radius 3 is 2.66 bits per heavy atom. The Kier molecular flexibility index (Phi) is 5.11. The highest BCUT2D eigenvalue weighted by molar-refractivity contribution is 6.05. The standard InChI is InChI=1S/C23H24FN3O2/c1-14-12-20(15(2)27(14)17-5-7-18(29-3)8-6-17)23(28)26-21-9-4-16-13-25-11-10-19(16)22(21)24/h4-9,12,25H,10-11,13H2,1-3H3,(H,26,28). The van der Waals surface area contributed by atoms with Crippen LogP contribution in [-0.4, -0.2) is 24.1 Å². The Balaban J connectivity index is 1.63. The molecule has 2 heterocycles. The highest BCUT2D eigenvalue weighted by Gasteiger charge is 2.21. The molecule has 1 aliphatic rings. The number of amides is 1. The molecule has 5 nitrogen and oxygen atoms in total. The lowest BCUT2D eigenvalue weighted by Crippen LogP contribution is -2.25. The minimum absolute atomic E-state index is 0.227. The first-order valence-electron chi connectivity index (χ1n) is 9.65. The zero-order valence-electron chi connectivity index (χ0n) is 16.8. The number of nitrogens with zero attached hydrogens (tertiary/aromatic N) is 1. The molecule has 29 heavy (non-hydrogen) atoms. The summed E-state index contributed by atoms with van der Waals surface area (Å²) in [4.78, 5) is 12.9. The Morgan fingerprint density at radius 1 is 1.17 bits per heavy atom. The number of ether oxygens (including phenoxy) is 1. The molecule has 0 fully saturated rings. The van der Waals surface area contributed by atoms with Crippen LogP contribution < -0.4 is 15.4 Å². The van der Waals surface area contributed by atoms with Crippen LogP contribution in [0.5, 0.6) is 5.75 Å². The number of hydrogen-bond acceptors (Lipinski definition) is 3. The number of halogens is 1. The second-order valence-electron chi connectivity index (χ2n) is 7.26. The van der Waals surface area contributed by atoms with E-state index in [0.717, 1.165) is 34.9 Å². The highest BCUT2D eigenvalue weighted by Crippen LogP contribution is 2.27. The SMILES string of the molecule is COc1ccc(-n2c(C)cc(C(=O)Nc3ccc4c(c3F)CCNC4)c2C)cc1. The van der Waals surface area contributed by atoms with Crippen LogP contribution in [0.2, 0.25) is 0 Å². The minimum atomic E-state index is -0.332. The van der Waals surface area contributed by atoms with Crippen molar-refractivity contribution in [3.05, 3.63) is 76.4 Å². The number of aryl methyl sites for hydroxylation is 1. The number of nitrogens with one attached hydrogen (secondary N) is 2. The summed E-state index contributed by atoms with van der Waals surface area (Å²) in [6.45, 7) is 5.23. The third kappa shape index (κ3) is 3.51. The number of methoxy groups -OCH3 is 1. The fraction of sp³-hybridized carbons (Fsp3) is 0.261. The van der Waals surface area contributed by atoms with E-state index in [1.165, 1.54) is 0 Å². The quantitative estimate of drug-likeness (QED) is 0.701. The first-order valence-corrected chi connectivity index (χ1v) is 9.65. The lowest BCUT2D eigenvalue weighted by atomic mass is 9.99. The highest BCUT2D eigenvalue weighted by atomic mass is 19.1. The van der Waals surface area contributed by atoms with Gasteiger partial charge >= 0.3 is 0 Å². The van der Waals surface area contributed by atoms with Gasteiger partial charge in [0, 0.05) is 23.6 Å². The van der Waals surface area contributed by atoms with Gasteiger partial charge in [-0.3, -0.25) is 4.79 Å². The molecule has 150 valence electrons. The average Bonchev–Trinajstić information content (AvgIpc) is 3.04. The maximum Gasteiger partial charge on any atom is 0.257 e. The van der Waals surface area contributed by atoms with Crippen LogP contribution in [0.1, 0.15) is 32.9 Å². The van der Waals surface area contributed by atoms with Gasteiger partial charge in [-0.2, -0.15) is 0 Å². The molecule has 1 amide bonds. The Labute approximate surface area is 169 Å². The van der Waals surface area contributed by atoms with E-state index in [9.17, 15) is 9.18 Å². The van der Waals surface area contributed by atoms with Gasteiger partial charge < -0.3 is 19.9 Å². The fourth-order valence-electron chi connectivity index (χ4n) is 3.94. The van der Waals surface area contributed by atoms with E-state index < -0.39 is 0 Å². The summed E-state index contributed by atoms with van der Waals surface area (Å²) in [5.41, 5.74) is 5.05. The number of aromatic nitrogens is 1. The second-order valence-corrected chi connectivity index (χ2v) is 7.26. The number of carbonyl (C=O) groups is 1. The van der Waals surface area contributed by atoms with Gasteiger partial charge in [0.15, 0.2) is 0 Å². The van der Waals surface area contributed by atoms with Gasteiger partial charge in [-0.1, -0.05) is 6.07 Å². The summed E-state index contributed by atoms with van der Waals surface area (Å²) < 4.78 is 22.1. The average molecular weight is 393 g/mol. The summed E-state index contributed by atoms with van der Waals surface area (Å²) in [6, 6.07) is 13.0. The van der Waals surface area contributed by atoms with Crippen molar-refractivity contribution in [2.75, 3.05) is 19.0 Å². The molecular weight excluding hydrogens is 369 g/mol. The van der Waals surface area contributed by atoms with Crippen LogP contribution in [-0.2, 0) is 13.0 Å². The van der Waals surface area contributed by atoms with Gasteiger partial charge in [-0.15, -0.1) is 0 Å². The largest absolute Gasteiger partial charge is 0.497 e. The molecule has 0 radical (unpaired) electrons. The molecule has 0 bridgehead atoms. The van der Waals surface area contributed by atoms with Gasteiger partial charge in [-0.05, 0) is 74.3 Å². The topological polar surface area (TPSA) is 55.3 Å². The lowest BCUT2D eigenvalue weighted by molar-refractivity contribution is 0.102. The molecular formula is C23H24FN3O2. The third-order valence-electron chi connectivity index (χ3n) is 5.46. The summed E-state index contributed by atoms with van der Waals surface area (Å²) in [5.74, 6) is 0.124. The Morgan fingerprint density at radius 2 is 1.93 bits per heavy atom. The van der Waals surface area contributed by atoms with Crippen LogP contribution in [0.4, 0.5) is 10.1 Å². The smallest absolute Gasteiger partial charge is 0.257 e. The maximum absolute atomic E-state index is 14.9. The number of hydrogen-bond donors (Lipinski definition) is 2. The monoisotopic (exact) mass is 393 g/mol. The second kappa shape index (κ2) is 7.72. The van der Waals surface area contributed by atoms with E-state index in [0.29, 0.717) is 24.1 Å². The molecule has 0 unspecified atom stereocenters. The summed E-state index contributed by atoms with van der Waals surface area (Å²) in [5, 5.41) is 5.99. The van der Waals surface area contributed by atoms with Crippen molar-refractivity contribution in [1.82, 2.24) is 9.88 Å². The number of rotatable bonds is 4. The molecule has 2 aromatic carbocycles. The van der Waals surface area contributed by atoms with E-state index in [1.54, 1.807) is 13.2 Å². The lowest BCUT2D eigenvalue weighted by Gasteiger charge is -2.19. The minimum Gasteiger partial charge on any atom is -0.497 e. The molecule has 0 aliphatic carbocycles. The molecule has 1 aliphatic heterocycles. The van der Waals surface area contributed by atoms with E-state index in [-0.39, 0.29) is 17.4 Å². The van der Waals surface area contributed by atoms with Crippen molar-refractivity contribution in [2.45, 2.75) is 26.8 Å². The van der Waals surface area contributed by atoms with Crippen molar-refractivity contribution < 1.29 is 13.9 Å². The summed E-state index contributed by atoms with van der Waals surface area (Å²) in [6.07, 6.45) is 0.622. The molecule has 0 saturated heterocycles. The predicted molar refractivity (Wildman–Crippen MR) is 112 cm³/mol. The Hall–Kier alpha value is -3.12. The van der Waals surface area contributed by atoms with Crippen molar-refractivity contribution in [1.29, 1.82) is 0 Å². The predicted octanol–water partition coefficient (Wildman–Crippen LogP) is 4.14. The van der Waals surface area contributed by atoms with Gasteiger partial charge in [0.1, 0.15) is 11.6 Å². The Bertz CT molecular complexity index is 1070. The van der Waals surface area contributed by atoms with Gasteiger partial charge in [-0.25, -0.2) is 4.39 Å². The fourth-order valence-corrected chi connectivity index (χ4v) is 3.94. The van der Waals surface area contributed by atoms with E-state index in [2.05, 4.69) is 10.6 Å². The number of benzene rings is 2. The normalized spacial score (nSPS) is 13.1. The van der Waals surface area contributed by atoms with E-state index in [1.807, 2.05) is 54.8 Å². The molecule has 0 spiro atoms. The van der Waals surface area contributed by atoms with Crippen LogP contribution in [0.25, 0.3) is 5.69 Å². The number of carbonyl (C=O) groups excluding carboxylic acids is 1. The van der Waals surface area contributed by atoms with Crippen LogP contribution in [0.15, 0.2) is 42.5 Å².